The van der Waals surface area contributed by atoms with Crippen LogP contribution in [-0.2, 0) is 18.2 Å². The van der Waals surface area contributed by atoms with Gasteiger partial charge in [0.05, 0.1) is 0 Å². The zero-order chi connectivity index (χ0) is 12.1. The van der Waals surface area contributed by atoms with E-state index in [2.05, 4.69) is 9.63 Å². The quantitative estimate of drug-likeness (QED) is 0.302. The Morgan fingerprint density at radius 3 is 1.62 bits per heavy atom. The first-order valence-electron chi connectivity index (χ1n) is 3.69. The van der Waals surface area contributed by atoms with E-state index in [1.807, 2.05) is 0 Å². The second-order valence-corrected chi connectivity index (χ2v) is 5.13. The zero-order valence-corrected chi connectivity index (χ0v) is 9.23. The molecule has 1 saturated heterocycles. The topological polar surface area (TPSA) is 153 Å². The van der Waals surface area contributed by atoms with Crippen LogP contribution in [0.1, 0.15) is 12.8 Å². The molecule has 0 bridgehead atoms. The number of phosphoric acid groups is 2. The fourth-order valence-electron chi connectivity index (χ4n) is 0.704. The van der Waals surface area contributed by atoms with Gasteiger partial charge in [-0.25, -0.2) is 9.13 Å². The van der Waals surface area contributed by atoms with E-state index in [0.29, 0.717) is 0 Å². The van der Waals surface area contributed by atoms with E-state index in [0.717, 1.165) is 19.4 Å². The summed E-state index contributed by atoms with van der Waals surface area (Å²) in [5.74, 6) is 0.204. The molecule has 0 aromatic carbocycles. The van der Waals surface area contributed by atoms with Gasteiger partial charge in [-0.2, -0.15) is 4.31 Å². The molecule has 9 nitrogen and oxygen atoms in total. The Labute approximate surface area is 113 Å². The Morgan fingerprint density at radius 2 is 1.56 bits per heavy atom. The summed E-state index contributed by atoms with van der Waals surface area (Å²) in [7, 11) is -10.1. The monoisotopic (exact) mass is 287 g/mol. The first-order valence-corrected chi connectivity index (χ1v) is 6.75. The zero-order valence-electron chi connectivity index (χ0n) is 7.44. The van der Waals surface area contributed by atoms with Crippen molar-refractivity contribution in [3.8, 4) is 0 Å². The number of hydrogen-bond donors (Lipinski definition) is 5. The third-order valence-corrected chi connectivity index (χ3v) is 2.82. The molecule has 0 aromatic heterocycles. The normalized spacial score (nSPS) is 15.6. The molecule has 1 fully saturated rings. The summed E-state index contributed by atoms with van der Waals surface area (Å²) >= 11 is 0. The van der Waals surface area contributed by atoms with E-state index in [1.165, 1.54) is 0 Å². The van der Waals surface area contributed by atoms with Crippen LogP contribution in [-0.4, -0.2) is 61.6 Å². The average Bonchev–Trinajstić information content (AvgIpc) is 2.31. The molecular formula is C4H12NNaO8P2. The van der Waals surface area contributed by atoms with Gasteiger partial charge in [0.25, 0.3) is 0 Å². The van der Waals surface area contributed by atoms with E-state index < -0.39 is 15.6 Å². The Balaban J connectivity index is 0. The molecule has 0 spiro atoms. The minimum absolute atomic E-state index is 0. The van der Waals surface area contributed by atoms with E-state index in [9.17, 15) is 13.9 Å². The van der Waals surface area contributed by atoms with E-state index in [1.54, 1.807) is 0 Å². The van der Waals surface area contributed by atoms with Crippen molar-refractivity contribution >= 4 is 51.1 Å². The number of carbonyl (C=O) groups excluding carboxylic acids is 1. The summed E-state index contributed by atoms with van der Waals surface area (Å²) < 4.78 is 22.2. The molecule has 16 heavy (non-hydrogen) atoms. The van der Waals surface area contributed by atoms with E-state index >= 15 is 0 Å². The molecule has 0 atom stereocenters. The molecule has 0 saturated carbocycles. The fourth-order valence-corrected chi connectivity index (χ4v) is 1.81. The van der Waals surface area contributed by atoms with Crippen molar-refractivity contribution in [3.05, 3.63) is 0 Å². The van der Waals surface area contributed by atoms with Gasteiger partial charge >= 0.3 is 45.2 Å². The van der Waals surface area contributed by atoms with Crippen molar-refractivity contribution in [1.29, 1.82) is 0 Å². The summed E-state index contributed by atoms with van der Waals surface area (Å²) in [5, 5.41) is 2.68. The summed E-state index contributed by atoms with van der Waals surface area (Å²) in [4.78, 5) is 41.1. The summed E-state index contributed by atoms with van der Waals surface area (Å²) in [5.41, 5.74) is 0. The predicted molar refractivity (Wildman–Crippen MR) is 54.6 cm³/mol. The maximum atomic E-state index is 10.1. The third kappa shape index (κ3) is 14.7. The van der Waals surface area contributed by atoms with Crippen LogP contribution < -0.4 is 5.32 Å². The predicted octanol–water partition coefficient (Wildman–Crippen LogP) is -1.56. The summed E-state index contributed by atoms with van der Waals surface area (Å²) in [6.07, 6.45) is 1.76. The van der Waals surface area contributed by atoms with Crippen molar-refractivity contribution in [2.24, 2.45) is 0 Å². The van der Waals surface area contributed by atoms with Gasteiger partial charge in [-0.05, 0) is 6.42 Å². The van der Waals surface area contributed by atoms with Gasteiger partial charge in [-0.15, -0.1) is 0 Å². The van der Waals surface area contributed by atoms with Crippen molar-refractivity contribution in [2.75, 3.05) is 6.54 Å². The van der Waals surface area contributed by atoms with Crippen LogP contribution in [0.2, 0.25) is 0 Å². The van der Waals surface area contributed by atoms with Gasteiger partial charge in [0.2, 0.25) is 5.91 Å². The van der Waals surface area contributed by atoms with Gasteiger partial charge in [0.15, 0.2) is 0 Å². The van der Waals surface area contributed by atoms with Gasteiger partial charge < -0.3 is 24.9 Å². The van der Waals surface area contributed by atoms with Gasteiger partial charge in [-0.3, -0.25) is 4.79 Å². The minimum atomic E-state index is -5.05. The van der Waals surface area contributed by atoms with Gasteiger partial charge in [0, 0.05) is 13.0 Å². The van der Waals surface area contributed by atoms with Crippen LogP contribution in [0.25, 0.3) is 0 Å². The molecule has 0 unspecified atom stereocenters. The molecule has 0 aromatic rings. The van der Waals surface area contributed by atoms with E-state index in [-0.39, 0.29) is 35.5 Å². The fraction of sp³-hybridized carbons (Fsp3) is 0.750. The van der Waals surface area contributed by atoms with Gasteiger partial charge in [-0.1, -0.05) is 0 Å². The molecule has 1 aliphatic heterocycles. The van der Waals surface area contributed by atoms with Crippen molar-refractivity contribution < 1.29 is 37.8 Å². The molecule has 0 radical (unpaired) electrons. The van der Waals surface area contributed by atoms with Crippen LogP contribution in [0, 0.1) is 0 Å². The maximum absolute atomic E-state index is 10.1. The molecule has 0 aliphatic carbocycles. The van der Waals surface area contributed by atoms with Crippen LogP contribution in [0.5, 0.6) is 0 Å². The summed E-state index contributed by atoms with van der Waals surface area (Å²) in [6.45, 7) is 0.888. The Bertz CT molecular complexity index is 281. The molecule has 1 heterocycles. The van der Waals surface area contributed by atoms with Crippen LogP contribution >= 0.6 is 15.6 Å². The first kappa shape index (κ1) is 19.1. The SMILES string of the molecule is O=C1CCCN1.O=P(O)(O)OP(=O)(O)O.[NaH]. The molecule has 1 rings (SSSR count). The van der Waals surface area contributed by atoms with Crippen molar-refractivity contribution in [2.45, 2.75) is 12.8 Å². The molecule has 12 heteroatoms. The molecule has 5 N–H and O–H groups in total. The number of rotatable bonds is 2. The second kappa shape index (κ2) is 7.94. The molecule has 92 valence electrons. The number of nitrogens with one attached hydrogen (secondary N) is 1. The number of carbonyl (C=O) groups is 1. The van der Waals surface area contributed by atoms with Crippen LogP contribution in [0.4, 0.5) is 0 Å². The molecule has 1 amide bonds. The van der Waals surface area contributed by atoms with Gasteiger partial charge in [0.1, 0.15) is 0 Å². The number of amides is 1. The van der Waals surface area contributed by atoms with Crippen LogP contribution in [0.15, 0.2) is 0 Å². The van der Waals surface area contributed by atoms with Crippen molar-refractivity contribution in [1.82, 2.24) is 5.32 Å². The third-order valence-electron chi connectivity index (χ3n) is 1.12. The molecular weight excluding hydrogens is 275 g/mol. The van der Waals surface area contributed by atoms with Crippen molar-refractivity contribution in [3.63, 3.8) is 0 Å². The Morgan fingerprint density at radius 1 is 1.12 bits per heavy atom. The second-order valence-electron chi connectivity index (χ2n) is 2.52. The standard InChI is InChI=1S/C4H7NO.Na.H4O7P2.H/c6-4-2-1-3-5-4;;1-8(2,3)7-9(4,5)6;/h1-3H2,(H,5,6);;(H2,1,2,3)(H2,4,5,6);. The first-order chi connectivity index (χ1) is 6.60. The summed E-state index contributed by atoms with van der Waals surface area (Å²) in [6, 6.07) is 0. The molecule has 1 aliphatic rings. The van der Waals surface area contributed by atoms with E-state index in [4.69, 9.17) is 19.6 Å². The average molecular weight is 287 g/mol. The van der Waals surface area contributed by atoms with Crippen LogP contribution in [0.3, 0.4) is 0 Å². The Kier molecular flexibility index (Phi) is 9.47. The number of hydrogen-bond acceptors (Lipinski definition) is 4. The Hall–Kier alpha value is 0.730.